The van der Waals surface area contributed by atoms with Gasteiger partial charge in [-0.2, -0.15) is 0 Å². The second kappa shape index (κ2) is 8.39. The second-order valence-electron chi connectivity index (χ2n) is 5.99. The van der Waals surface area contributed by atoms with Gasteiger partial charge in [0.25, 0.3) is 5.91 Å². The van der Waals surface area contributed by atoms with E-state index in [1.807, 2.05) is 0 Å². The molecule has 9 heteroatoms. The van der Waals surface area contributed by atoms with Crippen LogP contribution in [0.5, 0.6) is 0 Å². The van der Waals surface area contributed by atoms with Crippen LogP contribution in [-0.2, 0) is 14.3 Å². The molecule has 1 aliphatic heterocycles. The molecule has 28 heavy (non-hydrogen) atoms. The average molecular weight is 406 g/mol. The van der Waals surface area contributed by atoms with Crippen LogP contribution in [0.3, 0.4) is 0 Å². The Hall–Kier alpha value is -2.94. The minimum Gasteiger partial charge on any atom is -0.449 e. The van der Waals surface area contributed by atoms with Gasteiger partial charge < -0.3 is 15.4 Å². The highest BCUT2D eigenvalue weighted by Crippen LogP contribution is 2.31. The summed E-state index contributed by atoms with van der Waals surface area (Å²) in [6.45, 7) is 1.28. The zero-order chi connectivity index (χ0) is 20.3. The summed E-state index contributed by atoms with van der Waals surface area (Å²) in [5.74, 6) is -3.08. The number of carbonyl (C=O) groups excluding carboxylic acids is 3. The number of thioether (sulfide) groups is 1. The Kier molecular flexibility index (Phi) is 5.93. The molecule has 6 nitrogen and oxygen atoms in total. The molecule has 2 aromatic carbocycles. The molecule has 0 aromatic heterocycles. The topological polar surface area (TPSA) is 84.5 Å². The molecule has 3 rings (SSSR count). The van der Waals surface area contributed by atoms with Crippen LogP contribution in [0.2, 0.25) is 0 Å². The third-order valence-electron chi connectivity index (χ3n) is 3.94. The van der Waals surface area contributed by atoms with E-state index in [4.69, 9.17) is 4.74 Å². The lowest BCUT2D eigenvalue weighted by Gasteiger charge is -2.15. The average Bonchev–Trinajstić information content (AvgIpc) is 2.84. The lowest BCUT2D eigenvalue weighted by atomic mass is 10.2. The lowest BCUT2D eigenvalue weighted by molar-refractivity contribution is -0.123. The number of carbonyl (C=O) groups is 3. The predicted octanol–water partition coefficient (Wildman–Crippen LogP) is 3.58. The van der Waals surface area contributed by atoms with Crippen molar-refractivity contribution in [1.29, 1.82) is 0 Å². The minimum atomic E-state index is -1.30. The van der Waals surface area contributed by atoms with Crippen LogP contribution < -0.4 is 10.6 Å². The maximum Gasteiger partial charge on any atom is 0.338 e. The van der Waals surface area contributed by atoms with E-state index in [0.29, 0.717) is 17.9 Å². The highest BCUT2D eigenvalue weighted by atomic mass is 32.2. The second-order valence-corrected chi connectivity index (χ2v) is 7.13. The number of rotatable bonds is 4. The number of nitrogens with one attached hydrogen (secondary N) is 2. The van der Waals surface area contributed by atoms with Gasteiger partial charge in [0.2, 0.25) is 5.91 Å². The van der Waals surface area contributed by atoms with E-state index >= 15 is 0 Å². The summed E-state index contributed by atoms with van der Waals surface area (Å²) in [6.07, 6.45) is -0.933. The Labute approximate surface area is 163 Å². The minimum absolute atomic E-state index is 0.137. The predicted molar refractivity (Wildman–Crippen MR) is 100 cm³/mol. The Morgan fingerprint density at radius 1 is 1.21 bits per heavy atom. The normalized spacial score (nSPS) is 14.3. The van der Waals surface area contributed by atoms with Crippen molar-refractivity contribution in [2.24, 2.45) is 0 Å². The molecular weight excluding hydrogens is 390 g/mol. The monoisotopic (exact) mass is 406 g/mol. The van der Waals surface area contributed by atoms with Crippen LogP contribution in [0, 0.1) is 11.6 Å². The standard InChI is InChI=1S/C19H16F2N2O4S/c1-10(18(25)23-17-12(20)3-2-4-13(17)21)27-19(26)11-5-6-15-14(9-11)22-16(24)7-8-28-15/h2-6,9-10H,7-8H2,1H3,(H,22,24)(H,23,25)/t10-/m0/s1. The van der Waals surface area contributed by atoms with Crippen LogP contribution in [0.1, 0.15) is 23.7 Å². The number of hydrogen-bond donors (Lipinski definition) is 2. The van der Waals surface area contributed by atoms with Gasteiger partial charge in [-0.15, -0.1) is 11.8 Å². The number of amides is 2. The fourth-order valence-electron chi connectivity index (χ4n) is 2.47. The molecule has 146 valence electrons. The fraction of sp³-hybridized carbons (Fsp3) is 0.211. The molecule has 0 aliphatic carbocycles. The molecule has 0 saturated heterocycles. The molecule has 0 spiro atoms. The first-order chi connectivity index (χ1) is 13.3. The molecular formula is C19H16F2N2O4S. The van der Waals surface area contributed by atoms with Crippen molar-refractivity contribution in [3.8, 4) is 0 Å². The first-order valence-corrected chi connectivity index (χ1v) is 9.36. The quantitative estimate of drug-likeness (QED) is 0.759. The summed E-state index contributed by atoms with van der Waals surface area (Å²) in [6, 6.07) is 7.83. The highest BCUT2D eigenvalue weighted by Gasteiger charge is 2.23. The lowest BCUT2D eigenvalue weighted by Crippen LogP contribution is -2.30. The van der Waals surface area contributed by atoms with Gasteiger partial charge >= 0.3 is 5.97 Å². The van der Waals surface area contributed by atoms with Crippen LogP contribution in [0.25, 0.3) is 0 Å². The van der Waals surface area contributed by atoms with E-state index in [0.717, 1.165) is 17.0 Å². The molecule has 0 unspecified atom stereocenters. The molecule has 0 saturated carbocycles. The fourth-order valence-corrected chi connectivity index (χ4v) is 3.41. The summed E-state index contributed by atoms with van der Waals surface area (Å²) in [7, 11) is 0. The molecule has 0 fully saturated rings. The Balaban J connectivity index is 1.69. The van der Waals surface area contributed by atoms with E-state index in [1.54, 1.807) is 6.07 Å². The summed E-state index contributed by atoms with van der Waals surface area (Å²) in [4.78, 5) is 36.9. The van der Waals surface area contributed by atoms with Crippen molar-refractivity contribution in [1.82, 2.24) is 0 Å². The van der Waals surface area contributed by atoms with Crippen molar-refractivity contribution in [3.63, 3.8) is 0 Å². The summed E-state index contributed by atoms with van der Waals surface area (Å²) >= 11 is 1.49. The molecule has 0 bridgehead atoms. The SMILES string of the molecule is C[C@H](OC(=O)c1ccc2c(c1)NC(=O)CCS2)C(=O)Nc1c(F)cccc1F. The Bertz CT molecular complexity index is 931. The number of hydrogen-bond acceptors (Lipinski definition) is 5. The molecule has 1 aliphatic rings. The van der Waals surface area contributed by atoms with Gasteiger partial charge in [-0.05, 0) is 37.3 Å². The van der Waals surface area contributed by atoms with Crippen molar-refractivity contribution < 1.29 is 27.9 Å². The van der Waals surface area contributed by atoms with Gasteiger partial charge in [-0.25, -0.2) is 13.6 Å². The van der Waals surface area contributed by atoms with Gasteiger partial charge in [-0.3, -0.25) is 9.59 Å². The van der Waals surface area contributed by atoms with Crippen LogP contribution in [0.4, 0.5) is 20.2 Å². The van der Waals surface area contributed by atoms with Crippen molar-refractivity contribution in [2.75, 3.05) is 16.4 Å². The molecule has 2 aromatic rings. The molecule has 2 amide bonds. The van der Waals surface area contributed by atoms with E-state index in [2.05, 4.69) is 10.6 Å². The van der Waals surface area contributed by atoms with Gasteiger partial charge in [0.05, 0.1) is 11.3 Å². The van der Waals surface area contributed by atoms with Gasteiger partial charge in [0.15, 0.2) is 6.10 Å². The van der Waals surface area contributed by atoms with Crippen LogP contribution in [0.15, 0.2) is 41.3 Å². The zero-order valence-corrected chi connectivity index (χ0v) is 15.6. The van der Waals surface area contributed by atoms with Gasteiger partial charge in [0.1, 0.15) is 17.3 Å². The maximum atomic E-state index is 13.6. The molecule has 1 atom stereocenters. The third-order valence-corrected chi connectivity index (χ3v) is 5.02. The van der Waals surface area contributed by atoms with Crippen molar-refractivity contribution in [2.45, 2.75) is 24.3 Å². The first-order valence-electron chi connectivity index (χ1n) is 8.37. The van der Waals surface area contributed by atoms with E-state index in [9.17, 15) is 23.2 Å². The van der Waals surface area contributed by atoms with Crippen LogP contribution in [-0.4, -0.2) is 29.6 Å². The number of ether oxygens (including phenoxy) is 1. The molecule has 2 N–H and O–H groups in total. The Morgan fingerprint density at radius 3 is 2.64 bits per heavy atom. The zero-order valence-electron chi connectivity index (χ0n) is 14.8. The van der Waals surface area contributed by atoms with Gasteiger partial charge in [0, 0.05) is 17.1 Å². The molecule has 0 radical (unpaired) electrons. The Morgan fingerprint density at radius 2 is 1.93 bits per heavy atom. The first kappa shape index (κ1) is 19.8. The number of fused-ring (bicyclic) bond motifs is 1. The summed E-state index contributed by atoms with van der Waals surface area (Å²) in [5.41, 5.74) is 0.0194. The summed E-state index contributed by atoms with van der Waals surface area (Å²) in [5, 5.41) is 4.78. The van der Waals surface area contributed by atoms with Crippen molar-refractivity contribution >= 4 is 40.9 Å². The molecule has 1 heterocycles. The van der Waals surface area contributed by atoms with E-state index in [-0.39, 0.29) is 11.5 Å². The highest BCUT2D eigenvalue weighted by molar-refractivity contribution is 7.99. The number of halogens is 2. The summed E-state index contributed by atoms with van der Waals surface area (Å²) < 4.78 is 32.3. The number of benzene rings is 2. The van der Waals surface area contributed by atoms with E-state index in [1.165, 1.54) is 36.9 Å². The van der Waals surface area contributed by atoms with Crippen LogP contribution >= 0.6 is 11.8 Å². The largest absolute Gasteiger partial charge is 0.449 e. The third kappa shape index (κ3) is 4.48. The number of para-hydroxylation sites is 1. The number of anilines is 2. The maximum absolute atomic E-state index is 13.6. The van der Waals surface area contributed by atoms with Crippen molar-refractivity contribution in [3.05, 3.63) is 53.6 Å². The number of esters is 1. The smallest absolute Gasteiger partial charge is 0.338 e. The van der Waals surface area contributed by atoms with E-state index < -0.39 is 35.3 Å². The van der Waals surface area contributed by atoms with Gasteiger partial charge in [-0.1, -0.05) is 6.07 Å².